The second kappa shape index (κ2) is 9.92. The van der Waals surface area contributed by atoms with Gasteiger partial charge in [-0.25, -0.2) is 0 Å². The van der Waals surface area contributed by atoms with Gasteiger partial charge in [0.25, 0.3) is 7.44 Å². The first-order chi connectivity index (χ1) is 16.9. The van der Waals surface area contributed by atoms with Crippen LogP contribution in [0.15, 0.2) is 84.9 Å². The zero-order valence-electron chi connectivity index (χ0n) is 19.1. The van der Waals surface area contributed by atoms with E-state index in [0.717, 1.165) is 48.1 Å². The molecular formula is C26H27F3N3OPS. The Bertz CT molecular complexity index is 1120. The predicted molar refractivity (Wildman–Crippen MR) is 138 cm³/mol. The highest BCUT2D eigenvalue weighted by molar-refractivity contribution is 7.99. The number of para-hydroxylation sites is 2. The van der Waals surface area contributed by atoms with Crippen molar-refractivity contribution in [3.63, 3.8) is 0 Å². The molecule has 2 saturated heterocycles. The summed E-state index contributed by atoms with van der Waals surface area (Å²) in [7, 11) is -3.39. The molecule has 1 atom stereocenters. The van der Waals surface area contributed by atoms with Crippen LogP contribution >= 0.6 is 19.2 Å². The van der Waals surface area contributed by atoms with Crippen molar-refractivity contribution in [1.82, 2.24) is 4.90 Å². The molecule has 2 aliphatic heterocycles. The van der Waals surface area contributed by atoms with Gasteiger partial charge in [0, 0.05) is 49.1 Å². The van der Waals surface area contributed by atoms with Gasteiger partial charge in [-0.15, -0.1) is 0 Å². The number of nitrogens with zero attached hydrogens (tertiary/aromatic N) is 3. The lowest BCUT2D eigenvalue weighted by Crippen LogP contribution is -2.40. The molecule has 35 heavy (non-hydrogen) atoms. The predicted octanol–water partition coefficient (Wildman–Crippen LogP) is 6.97. The smallest absolute Gasteiger partial charge is 0.304 e. The van der Waals surface area contributed by atoms with Crippen LogP contribution < -0.4 is 9.34 Å². The highest BCUT2D eigenvalue weighted by Gasteiger charge is 2.52. The Morgan fingerprint density at radius 1 is 0.714 bits per heavy atom. The van der Waals surface area contributed by atoms with E-state index in [0.29, 0.717) is 18.7 Å². The molecule has 0 aliphatic carbocycles. The number of thioether (sulfide) groups is 1. The van der Waals surface area contributed by atoms with Crippen molar-refractivity contribution in [3.05, 3.63) is 96.1 Å². The molecule has 1 unspecified atom stereocenters. The number of hydrogen-bond donors (Lipinski definition) is 0. The third-order valence-corrected chi connectivity index (χ3v) is 11.0. The quantitative estimate of drug-likeness (QED) is 0.341. The van der Waals surface area contributed by atoms with E-state index in [1.54, 1.807) is 0 Å². The fourth-order valence-electron chi connectivity index (χ4n) is 4.94. The Balaban J connectivity index is 1.67. The molecule has 2 aliphatic rings. The number of anilines is 2. The molecule has 184 valence electrons. The van der Waals surface area contributed by atoms with Crippen LogP contribution in [0.3, 0.4) is 0 Å². The highest BCUT2D eigenvalue weighted by Crippen LogP contribution is 2.69. The van der Waals surface area contributed by atoms with Gasteiger partial charge in [-0.1, -0.05) is 48.5 Å². The molecule has 0 N–H and O–H groups in total. The Morgan fingerprint density at radius 3 is 1.66 bits per heavy atom. The molecule has 4 nitrogen and oxygen atoms in total. The fraction of sp³-hybridized carbons (Fsp3) is 0.308. The molecule has 2 heterocycles. The lowest BCUT2D eigenvalue weighted by atomic mass is 10.1. The van der Waals surface area contributed by atoms with Crippen LogP contribution in [-0.4, -0.2) is 42.6 Å². The van der Waals surface area contributed by atoms with Crippen LogP contribution in [0, 0.1) is 0 Å². The average molecular weight is 518 g/mol. The standard InChI is InChI=1S/C26H27F3N3OPS/c27-26(28,29)22-13-11-21(12-14-22)25(30-17-19-35-20-18-30)34(33)31(23-7-3-1-4-8-23)15-16-32(34)24-9-5-2-6-10-24/h1-14,25H,15-20H2. The summed E-state index contributed by atoms with van der Waals surface area (Å²) in [5.74, 6) is 1.23. The summed E-state index contributed by atoms with van der Waals surface area (Å²) in [6.07, 6.45) is -4.42. The second-order valence-corrected chi connectivity index (χ2v) is 12.5. The van der Waals surface area contributed by atoms with Crippen LogP contribution in [0.25, 0.3) is 0 Å². The van der Waals surface area contributed by atoms with E-state index < -0.39 is 25.0 Å². The van der Waals surface area contributed by atoms with Gasteiger partial charge in [0.1, 0.15) is 5.78 Å². The first-order valence-corrected chi connectivity index (χ1v) is 14.5. The zero-order chi connectivity index (χ0) is 24.5. The maximum Gasteiger partial charge on any atom is 0.416 e. The molecule has 0 bridgehead atoms. The van der Waals surface area contributed by atoms with E-state index >= 15 is 4.57 Å². The van der Waals surface area contributed by atoms with Crippen LogP contribution in [-0.2, 0) is 10.7 Å². The summed E-state index contributed by atoms with van der Waals surface area (Å²) >= 11 is 1.85. The maximum atomic E-state index is 15.5. The molecule has 0 spiro atoms. The van der Waals surface area contributed by atoms with Crippen molar-refractivity contribution in [3.8, 4) is 0 Å². The first kappa shape index (κ1) is 24.3. The first-order valence-electron chi connectivity index (χ1n) is 11.6. The Labute approximate surface area is 208 Å². The molecule has 9 heteroatoms. The zero-order valence-corrected chi connectivity index (χ0v) is 20.9. The monoisotopic (exact) mass is 517 g/mol. The lowest BCUT2D eigenvalue weighted by molar-refractivity contribution is -0.137. The number of benzene rings is 3. The molecule has 0 saturated carbocycles. The van der Waals surface area contributed by atoms with Gasteiger partial charge in [0.05, 0.1) is 5.56 Å². The number of alkyl halides is 3. The van der Waals surface area contributed by atoms with Gasteiger partial charge >= 0.3 is 6.18 Å². The molecule has 2 fully saturated rings. The summed E-state index contributed by atoms with van der Waals surface area (Å²) < 4.78 is 59.5. The van der Waals surface area contributed by atoms with E-state index in [2.05, 4.69) is 4.90 Å². The topological polar surface area (TPSA) is 26.8 Å². The molecule has 0 aromatic heterocycles. The number of halogens is 3. The van der Waals surface area contributed by atoms with Gasteiger partial charge in [-0.2, -0.15) is 24.9 Å². The minimum absolute atomic E-state index is 0.561. The van der Waals surface area contributed by atoms with E-state index in [1.165, 1.54) is 12.1 Å². The Kier molecular flexibility index (Phi) is 6.88. The van der Waals surface area contributed by atoms with Gasteiger partial charge in [0.2, 0.25) is 0 Å². The van der Waals surface area contributed by atoms with Crippen molar-refractivity contribution >= 4 is 30.6 Å². The third kappa shape index (κ3) is 4.72. The van der Waals surface area contributed by atoms with Gasteiger partial charge < -0.3 is 9.34 Å². The highest BCUT2D eigenvalue weighted by atomic mass is 32.2. The van der Waals surface area contributed by atoms with Crippen LogP contribution in [0.5, 0.6) is 0 Å². The minimum atomic E-state index is -4.42. The van der Waals surface area contributed by atoms with Crippen molar-refractivity contribution in [2.75, 3.05) is 47.0 Å². The van der Waals surface area contributed by atoms with Crippen LogP contribution in [0.2, 0.25) is 0 Å². The van der Waals surface area contributed by atoms with Gasteiger partial charge in [-0.05, 0) is 42.0 Å². The van der Waals surface area contributed by atoms with Crippen molar-refractivity contribution < 1.29 is 17.7 Å². The number of rotatable bonds is 5. The summed E-state index contributed by atoms with van der Waals surface area (Å²) in [5, 5.41) is 0. The van der Waals surface area contributed by atoms with Crippen molar-refractivity contribution in [1.29, 1.82) is 0 Å². The lowest BCUT2D eigenvalue weighted by Gasteiger charge is -2.44. The number of hydrogen-bond acceptors (Lipinski definition) is 3. The van der Waals surface area contributed by atoms with Crippen molar-refractivity contribution in [2.45, 2.75) is 12.0 Å². The minimum Gasteiger partial charge on any atom is -0.304 e. The van der Waals surface area contributed by atoms with E-state index in [4.69, 9.17) is 0 Å². The SMILES string of the molecule is O=P1(C(c2ccc(C(F)(F)F)cc2)N2CCSCC2)N(c2ccccc2)CCN1c1ccccc1. The van der Waals surface area contributed by atoms with Crippen LogP contribution in [0.4, 0.5) is 24.5 Å². The summed E-state index contributed by atoms with van der Waals surface area (Å²) in [5.41, 5.74) is 1.67. The van der Waals surface area contributed by atoms with Gasteiger partial charge in [-0.3, -0.25) is 9.46 Å². The Morgan fingerprint density at radius 2 is 1.20 bits per heavy atom. The maximum absolute atomic E-state index is 15.5. The van der Waals surface area contributed by atoms with E-state index in [-0.39, 0.29) is 0 Å². The molecule has 3 aromatic rings. The van der Waals surface area contributed by atoms with E-state index in [9.17, 15) is 13.2 Å². The average Bonchev–Trinajstić information content (AvgIpc) is 3.23. The Hall–Kier alpha value is -2.41. The summed E-state index contributed by atoms with van der Waals surface area (Å²) in [4.78, 5) is 2.21. The third-order valence-electron chi connectivity index (χ3n) is 6.57. The molecular weight excluding hydrogens is 490 g/mol. The second-order valence-electron chi connectivity index (χ2n) is 8.65. The largest absolute Gasteiger partial charge is 0.416 e. The molecule has 3 aromatic carbocycles. The van der Waals surface area contributed by atoms with E-state index in [1.807, 2.05) is 81.8 Å². The molecule has 5 rings (SSSR count). The fourth-order valence-corrected chi connectivity index (χ4v) is 9.56. The summed E-state index contributed by atoms with van der Waals surface area (Å²) in [6, 6.07) is 24.6. The molecule has 0 amide bonds. The van der Waals surface area contributed by atoms with Gasteiger partial charge in [0.15, 0.2) is 0 Å². The summed E-state index contributed by atoms with van der Waals surface area (Å²) in [6.45, 7) is 2.59. The normalized spacial score (nSPS) is 19.6. The molecule has 0 radical (unpaired) electrons. The van der Waals surface area contributed by atoms with Crippen molar-refractivity contribution in [2.24, 2.45) is 0 Å². The van der Waals surface area contributed by atoms with Crippen LogP contribution in [0.1, 0.15) is 16.9 Å².